The number of rotatable bonds is 4. The van der Waals surface area contributed by atoms with Crippen molar-refractivity contribution >= 4 is 17.6 Å². The minimum atomic E-state index is -1.10. The maximum atomic E-state index is 11.7. The van der Waals surface area contributed by atoms with Crippen molar-refractivity contribution in [2.45, 2.75) is 13.8 Å². The summed E-state index contributed by atoms with van der Waals surface area (Å²) in [7, 11) is 1.55. The number of ether oxygens (including phenoxy) is 1. The van der Waals surface area contributed by atoms with Gasteiger partial charge in [0.05, 0.1) is 7.11 Å². The number of benzene rings is 1. The predicted molar refractivity (Wildman–Crippen MR) is 67.6 cm³/mol. The van der Waals surface area contributed by atoms with Crippen LogP contribution in [0.25, 0.3) is 0 Å². The summed E-state index contributed by atoms with van der Waals surface area (Å²) in [5.74, 6) is -0.848. The van der Waals surface area contributed by atoms with Crippen molar-refractivity contribution in [3.05, 3.63) is 35.4 Å². The fraction of sp³-hybridized carbons (Fsp3) is 0.231. The van der Waals surface area contributed by atoms with Gasteiger partial charge in [0, 0.05) is 16.8 Å². The molecule has 1 rings (SSSR count). The summed E-state index contributed by atoms with van der Waals surface area (Å²) in [6, 6.07) is 6.78. The lowest BCUT2D eigenvalue weighted by Crippen LogP contribution is -2.16. The average Bonchev–Trinajstić information content (AvgIpc) is 2.37. The summed E-state index contributed by atoms with van der Waals surface area (Å²) in [6.07, 6.45) is 0. The monoisotopic (exact) mass is 249 g/mol. The number of carboxylic acid groups (broad SMARTS) is 1. The first kappa shape index (κ1) is 13.8. The fourth-order valence-corrected chi connectivity index (χ4v) is 1.23. The molecule has 5 heteroatoms. The Hall–Kier alpha value is -2.30. The SMILES string of the molecule is COc1ccc(NC(=O)C(C)=C(C)C(=O)O)cc1. The van der Waals surface area contributed by atoms with Crippen LogP contribution in [0.1, 0.15) is 13.8 Å². The van der Waals surface area contributed by atoms with E-state index in [1.807, 2.05) is 0 Å². The first-order valence-electron chi connectivity index (χ1n) is 5.32. The highest BCUT2D eigenvalue weighted by Gasteiger charge is 2.12. The second-order valence-corrected chi connectivity index (χ2v) is 3.74. The van der Waals surface area contributed by atoms with Crippen LogP contribution in [0.15, 0.2) is 35.4 Å². The van der Waals surface area contributed by atoms with Gasteiger partial charge in [0.2, 0.25) is 0 Å². The molecule has 0 atom stereocenters. The van der Waals surface area contributed by atoms with E-state index < -0.39 is 11.9 Å². The molecule has 5 nitrogen and oxygen atoms in total. The number of anilines is 1. The van der Waals surface area contributed by atoms with Crippen molar-refractivity contribution < 1.29 is 19.4 Å². The van der Waals surface area contributed by atoms with Gasteiger partial charge in [-0.25, -0.2) is 4.79 Å². The van der Waals surface area contributed by atoms with Crippen LogP contribution in [0.2, 0.25) is 0 Å². The Kier molecular flexibility index (Phi) is 4.48. The van der Waals surface area contributed by atoms with Crippen molar-refractivity contribution in [1.82, 2.24) is 0 Å². The molecule has 0 spiro atoms. The third-order valence-electron chi connectivity index (χ3n) is 2.57. The van der Waals surface area contributed by atoms with Gasteiger partial charge >= 0.3 is 5.97 Å². The number of aliphatic carboxylic acids is 1. The Balaban J connectivity index is 2.81. The Morgan fingerprint density at radius 3 is 2.11 bits per heavy atom. The van der Waals surface area contributed by atoms with Crippen LogP contribution < -0.4 is 10.1 Å². The van der Waals surface area contributed by atoms with Gasteiger partial charge < -0.3 is 15.2 Å². The van der Waals surface area contributed by atoms with Crippen LogP contribution in [0.5, 0.6) is 5.75 Å². The normalized spacial score (nSPS) is 11.5. The predicted octanol–water partition coefficient (Wildman–Crippen LogP) is 2.05. The van der Waals surface area contributed by atoms with E-state index in [9.17, 15) is 9.59 Å². The van der Waals surface area contributed by atoms with Gasteiger partial charge in [-0.3, -0.25) is 4.79 Å². The van der Waals surface area contributed by atoms with E-state index in [1.54, 1.807) is 31.4 Å². The maximum Gasteiger partial charge on any atom is 0.331 e. The quantitative estimate of drug-likeness (QED) is 0.801. The number of methoxy groups -OCH3 is 1. The van der Waals surface area contributed by atoms with Gasteiger partial charge in [0.15, 0.2) is 0 Å². The molecule has 96 valence electrons. The molecular formula is C13H15NO4. The molecule has 0 saturated heterocycles. The third kappa shape index (κ3) is 3.35. The van der Waals surface area contributed by atoms with Crippen LogP contribution >= 0.6 is 0 Å². The van der Waals surface area contributed by atoms with Crippen LogP contribution in [0.3, 0.4) is 0 Å². The lowest BCUT2D eigenvalue weighted by Gasteiger charge is -2.07. The second-order valence-electron chi connectivity index (χ2n) is 3.74. The Morgan fingerprint density at radius 1 is 1.11 bits per heavy atom. The lowest BCUT2D eigenvalue weighted by atomic mass is 10.1. The summed E-state index contributed by atoms with van der Waals surface area (Å²) >= 11 is 0. The lowest BCUT2D eigenvalue weighted by molar-refractivity contribution is -0.133. The number of hydrogen-bond acceptors (Lipinski definition) is 3. The second kappa shape index (κ2) is 5.86. The highest BCUT2D eigenvalue weighted by atomic mass is 16.5. The van der Waals surface area contributed by atoms with E-state index in [1.165, 1.54) is 13.8 Å². The molecule has 0 aliphatic rings. The molecule has 0 radical (unpaired) electrons. The zero-order chi connectivity index (χ0) is 13.7. The van der Waals surface area contributed by atoms with E-state index in [2.05, 4.69) is 5.32 Å². The molecule has 1 aromatic carbocycles. The smallest absolute Gasteiger partial charge is 0.331 e. The molecule has 1 aromatic rings. The van der Waals surface area contributed by atoms with Crippen molar-refractivity contribution in [3.8, 4) is 5.75 Å². The number of nitrogens with one attached hydrogen (secondary N) is 1. The summed E-state index contributed by atoms with van der Waals surface area (Å²) < 4.78 is 4.99. The van der Waals surface area contributed by atoms with Crippen molar-refractivity contribution in [2.75, 3.05) is 12.4 Å². The van der Waals surface area contributed by atoms with E-state index >= 15 is 0 Å². The van der Waals surface area contributed by atoms with E-state index in [-0.39, 0.29) is 11.1 Å². The number of amides is 1. The van der Waals surface area contributed by atoms with E-state index in [0.29, 0.717) is 11.4 Å². The average molecular weight is 249 g/mol. The largest absolute Gasteiger partial charge is 0.497 e. The molecule has 0 heterocycles. The van der Waals surface area contributed by atoms with Gasteiger partial charge in [-0.15, -0.1) is 0 Å². The number of hydrogen-bond donors (Lipinski definition) is 2. The number of carboxylic acids is 1. The summed E-state index contributed by atoms with van der Waals surface area (Å²) in [6.45, 7) is 2.87. The van der Waals surface area contributed by atoms with E-state index in [4.69, 9.17) is 9.84 Å². The number of carbonyl (C=O) groups excluding carboxylic acids is 1. The Labute approximate surface area is 105 Å². The molecule has 0 saturated carbocycles. The standard InChI is InChI=1S/C13H15NO4/c1-8(9(2)13(16)17)12(15)14-10-4-6-11(18-3)7-5-10/h4-7H,1-3H3,(H,14,15)(H,16,17). The zero-order valence-corrected chi connectivity index (χ0v) is 10.5. The van der Waals surface area contributed by atoms with Crippen molar-refractivity contribution in [3.63, 3.8) is 0 Å². The van der Waals surface area contributed by atoms with Gasteiger partial charge in [-0.05, 0) is 38.1 Å². The first-order valence-corrected chi connectivity index (χ1v) is 5.32. The van der Waals surface area contributed by atoms with Crippen LogP contribution in [-0.2, 0) is 9.59 Å². The van der Waals surface area contributed by atoms with Gasteiger partial charge in [-0.1, -0.05) is 0 Å². The molecule has 0 bridgehead atoms. The molecule has 0 fully saturated rings. The fourth-order valence-electron chi connectivity index (χ4n) is 1.23. The zero-order valence-electron chi connectivity index (χ0n) is 10.5. The topological polar surface area (TPSA) is 75.6 Å². The third-order valence-corrected chi connectivity index (χ3v) is 2.57. The Morgan fingerprint density at radius 2 is 1.67 bits per heavy atom. The summed E-state index contributed by atoms with van der Waals surface area (Å²) in [5.41, 5.74) is 0.790. The highest BCUT2D eigenvalue weighted by Crippen LogP contribution is 2.16. The molecular weight excluding hydrogens is 234 g/mol. The number of carbonyl (C=O) groups is 2. The minimum Gasteiger partial charge on any atom is -0.497 e. The van der Waals surface area contributed by atoms with Gasteiger partial charge in [0.1, 0.15) is 5.75 Å². The van der Waals surface area contributed by atoms with Crippen LogP contribution in [-0.4, -0.2) is 24.1 Å². The molecule has 0 aliphatic carbocycles. The van der Waals surface area contributed by atoms with Crippen LogP contribution in [0.4, 0.5) is 5.69 Å². The molecule has 1 amide bonds. The van der Waals surface area contributed by atoms with Crippen molar-refractivity contribution in [2.24, 2.45) is 0 Å². The summed E-state index contributed by atoms with van der Waals surface area (Å²) in [4.78, 5) is 22.5. The maximum absolute atomic E-state index is 11.7. The van der Waals surface area contributed by atoms with Crippen molar-refractivity contribution in [1.29, 1.82) is 0 Å². The molecule has 18 heavy (non-hydrogen) atoms. The molecule has 2 N–H and O–H groups in total. The van der Waals surface area contributed by atoms with Gasteiger partial charge in [-0.2, -0.15) is 0 Å². The molecule has 0 aliphatic heterocycles. The molecule has 0 aromatic heterocycles. The first-order chi connectivity index (χ1) is 8.45. The molecule has 0 unspecified atom stereocenters. The van der Waals surface area contributed by atoms with Crippen LogP contribution in [0, 0.1) is 0 Å². The van der Waals surface area contributed by atoms with E-state index in [0.717, 1.165) is 0 Å². The highest BCUT2D eigenvalue weighted by molar-refractivity contribution is 6.08. The van der Waals surface area contributed by atoms with Gasteiger partial charge in [0.25, 0.3) is 5.91 Å². The summed E-state index contributed by atoms with van der Waals surface area (Å²) in [5, 5.41) is 11.4. The minimum absolute atomic E-state index is 0.0287. The Bertz CT molecular complexity index is 488.